The predicted octanol–water partition coefficient (Wildman–Crippen LogP) is 1.000. The third kappa shape index (κ3) is 2.66. The van der Waals surface area contributed by atoms with Crippen molar-refractivity contribution in [2.75, 3.05) is 0 Å². The molecule has 0 radical (unpaired) electrons. The third-order valence-electron chi connectivity index (χ3n) is 3.88. The van der Waals surface area contributed by atoms with Crippen molar-refractivity contribution in [3.05, 3.63) is 53.0 Å². The van der Waals surface area contributed by atoms with Gasteiger partial charge in [0.1, 0.15) is 24.1 Å². The van der Waals surface area contributed by atoms with Crippen LogP contribution in [0.3, 0.4) is 0 Å². The zero-order valence-electron chi connectivity index (χ0n) is 12.6. The van der Waals surface area contributed by atoms with Gasteiger partial charge in [0.25, 0.3) is 5.56 Å². The minimum Gasteiger partial charge on any atom is -0.352 e. The molecule has 1 aromatic carbocycles. The molecular formula is C16H14FN5O2. The van der Waals surface area contributed by atoms with Crippen molar-refractivity contribution in [2.45, 2.75) is 25.4 Å². The van der Waals surface area contributed by atoms with Gasteiger partial charge in [-0.05, 0) is 37.1 Å². The fourth-order valence-corrected chi connectivity index (χ4v) is 2.49. The van der Waals surface area contributed by atoms with E-state index in [0.717, 1.165) is 12.8 Å². The van der Waals surface area contributed by atoms with Crippen LogP contribution in [-0.4, -0.2) is 31.3 Å². The molecule has 0 saturated heterocycles. The van der Waals surface area contributed by atoms with Gasteiger partial charge in [-0.3, -0.25) is 14.2 Å². The van der Waals surface area contributed by atoms with E-state index in [0.29, 0.717) is 16.7 Å². The van der Waals surface area contributed by atoms with Crippen LogP contribution in [0.2, 0.25) is 0 Å². The van der Waals surface area contributed by atoms with Crippen LogP contribution in [0.15, 0.2) is 41.6 Å². The van der Waals surface area contributed by atoms with Crippen LogP contribution in [-0.2, 0) is 11.3 Å². The molecule has 2 heterocycles. The smallest absolute Gasteiger partial charge is 0.264 e. The standard InChI is InChI=1S/C16H14FN5O2/c17-10-1-5-12(6-2-10)22-15-13(7-19-22)16(24)21(9-18-15)8-14(23)20-11-3-4-11/h1-2,5-7,9,11H,3-4,8H2,(H,20,23). The second-order valence-corrected chi connectivity index (χ2v) is 5.79. The van der Waals surface area contributed by atoms with Gasteiger partial charge >= 0.3 is 0 Å². The summed E-state index contributed by atoms with van der Waals surface area (Å²) in [5.74, 6) is -0.557. The molecule has 0 bridgehead atoms. The Bertz CT molecular complexity index is 972. The average molecular weight is 327 g/mol. The molecule has 24 heavy (non-hydrogen) atoms. The zero-order chi connectivity index (χ0) is 16.7. The quantitative estimate of drug-likeness (QED) is 0.775. The molecule has 0 atom stereocenters. The minimum absolute atomic E-state index is 0.0694. The number of nitrogens with zero attached hydrogens (tertiary/aromatic N) is 4. The maximum Gasteiger partial charge on any atom is 0.264 e. The van der Waals surface area contributed by atoms with Crippen molar-refractivity contribution in [3.8, 4) is 5.69 Å². The van der Waals surface area contributed by atoms with E-state index in [4.69, 9.17) is 0 Å². The number of hydrogen-bond donors (Lipinski definition) is 1. The van der Waals surface area contributed by atoms with E-state index < -0.39 is 0 Å². The Kier molecular flexibility index (Phi) is 3.37. The molecule has 1 saturated carbocycles. The van der Waals surface area contributed by atoms with E-state index >= 15 is 0 Å². The first-order valence-corrected chi connectivity index (χ1v) is 7.60. The van der Waals surface area contributed by atoms with Crippen LogP contribution in [0.4, 0.5) is 4.39 Å². The summed E-state index contributed by atoms with van der Waals surface area (Å²) < 4.78 is 15.8. The predicted molar refractivity (Wildman–Crippen MR) is 84.2 cm³/mol. The first kappa shape index (κ1) is 14.6. The molecule has 3 aromatic rings. The Labute approximate surface area is 135 Å². The molecule has 0 unspecified atom stereocenters. The summed E-state index contributed by atoms with van der Waals surface area (Å²) in [6.45, 7) is -0.0694. The van der Waals surface area contributed by atoms with E-state index in [1.165, 1.54) is 33.9 Å². The summed E-state index contributed by atoms with van der Waals surface area (Å²) in [5, 5.41) is 7.29. The van der Waals surface area contributed by atoms with E-state index in [9.17, 15) is 14.0 Å². The Balaban J connectivity index is 1.68. The lowest BCUT2D eigenvalue weighted by molar-refractivity contribution is -0.121. The van der Waals surface area contributed by atoms with Crippen molar-refractivity contribution < 1.29 is 9.18 Å². The molecule has 1 amide bonds. The van der Waals surface area contributed by atoms with Gasteiger partial charge in [0, 0.05) is 6.04 Å². The van der Waals surface area contributed by atoms with Gasteiger partial charge in [0.2, 0.25) is 5.91 Å². The van der Waals surface area contributed by atoms with Crippen LogP contribution < -0.4 is 10.9 Å². The highest BCUT2D eigenvalue weighted by molar-refractivity contribution is 5.78. The Morgan fingerprint density at radius 3 is 2.75 bits per heavy atom. The Morgan fingerprint density at radius 1 is 1.29 bits per heavy atom. The van der Waals surface area contributed by atoms with Crippen LogP contribution in [0.1, 0.15) is 12.8 Å². The first-order chi connectivity index (χ1) is 11.6. The zero-order valence-corrected chi connectivity index (χ0v) is 12.6. The SMILES string of the molecule is O=C(Cn1cnc2c(cnn2-c2ccc(F)cc2)c1=O)NC1CC1. The highest BCUT2D eigenvalue weighted by Crippen LogP contribution is 2.18. The molecule has 1 fully saturated rings. The van der Waals surface area contributed by atoms with Gasteiger partial charge in [-0.2, -0.15) is 5.10 Å². The second-order valence-electron chi connectivity index (χ2n) is 5.79. The molecule has 122 valence electrons. The molecular weight excluding hydrogens is 313 g/mol. The third-order valence-corrected chi connectivity index (χ3v) is 3.88. The summed E-state index contributed by atoms with van der Waals surface area (Å²) in [5.41, 5.74) is 0.632. The van der Waals surface area contributed by atoms with Gasteiger partial charge in [-0.15, -0.1) is 0 Å². The number of nitrogens with one attached hydrogen (secondary N) is 1. The average Bonchev–Trinajstić information content (AvgIpc) is 3.26. The number of fused-ring (bicyclic) bond motifs is 1. The highest BCUT2D eigenvalue weighted by atomic mass is 19.1. The number of aromatic nitrogens is 4. The van der Waals surface area contributed by atoms with Crippen LogP contribution in [0, 0.1) is 5.82 Å². The van der Waals surface area contributed by atoms with E-state index in [1.54, 1.807) is 12.1 Å². The molecule has 1 N–H and O–H groups in total. The van der Waals surface area contributed by atoms with E-state index in [2.05, 4.69) is 15.4 Å². The van der Waals surface area contributed by atoms with Gasteiger partial charge in [-0.25, -0.2) is 14.1 Å². The van der Waals surface area contributed by atoms with Crippen LogP contribution in [0.5, 0.6) is 0 Å². The monoisotopic (exact) mass is 327 g/mol. The lowest BCUT2D eigenvalue weighted by Crippen LogP contribution is -2.33. The van der Waals surface area contributed by atoms with Crippen molar-refractivity contribution in [2.24, 2.45) is 0 Å². The second kappa shape index (κ2) is 5.55. The molecule has 4 rings (SSSR count). The largest absolute Gasteiger partial charge is 0.352 e. The van der Waals surface area contributed by atoms with Crippen molar-refractivity contribution in [1.82, 2.24) is 24.6 Å². The van der Waals surface area contributed by atoms with Crippen molar-refractivity contribution in [3.63, 3.8) is 0 Å². The number of benzene rings is 1. The molecule has 2 aromatic heterocycles. The number of carbonyl (C=O) groups is 1. The topological polar surface area (TPSA) is 81.8 Å². The maximum absolute atomic E-state index is 13.0. The fraction of sp³-hybridized carbons (Fsp3) is 0.250. The van der Waals surface area contributed by atoms with Gasteiger partial charge in [-0.1, -0.05) is 0 Å². The van der Waals surface area contributed by atoms with E-state index in [1.807, 2.05) is 0 Å². The first-order valence-electron chi connectivity index (χ1n) is 7.60. The molecule has 0 spiro atoms. The summed E-state index contributed by atoms with van der Waals surface area (Å²) in [7, 11) is 0. The normalized spacial score (nSPS) is 14.0. The molecule has 1 aliphatic rings. The highest BCUT2D eigenvalue weighted by Gasteiger charge is 2.23. The van der Waals surface area contributed by atoms with Gasteiger partial charge in [0.15, 0.2) is 5.65 Å². The summed E-state index contributed by atoms with van der Waals surface area (Å²) in [6, 6.07) is 5.97. The number of hydrogen-bond acceptors (Lipinski definition) is 4. The lowest BCUT2D eigenvalue weighted by Gasteiger charge is -2.07. The Morgan fingerprint density at radius 2 is 2.04 bits per heavy atom. The molecule has 1 aliphatic carbocycles. The lowest BCUT2D eigenvalue weighted by atomic mass is 10.3. The number of carbonyl (C=O) groups excluding carboxylic acids is 1. The number of halogens is 1. The Hall–Kier alpha value is -3.03. The van der Waals surface area contributed by atoms with Crippen molar-refractivity contribution in [1.29, 1.82) is 0 Å². The van der Waals surface area contributed by atoms with Gasteiger partial charge < -0.3 is 5.32 Å². The number of rotatable bonds is 4. The summed E-state index contributed by atoms with van der Waals surface area (Å²) in [4.78, 5) is 28.6. The molecule has 0 aliphatic heterocycles. The van der Waals surface area contributed by atoms with Crippen molar-refractivity contribution >= 4 is 16.9 Å². The van der Waals surface area contributed by atoms with Crippen LogP contribution in [0.25, 0.3) is 16.7 Å². The van der Waals surface area contributed by atoms with Gasteiger partial charge in [0.05, 0.1) is 11.9 Å². The minimum atomic E-state index is -0.354. The summed E-state index contributed by atoms with van der Waals surface area (Å²) in [6.07, 6.45) is 4.72. The maximum atomic E-state index is 13.0. The number of amides is 1. The fourth-order valence-electron chi connectivity index (χ4n) is 2.49. The summed E-state index contributed by atoms with van der Waals surface area (Å²) >= 11 is 0. The molecule has 8 heteroatoms. The van der Waals surface area contributed by atoms with Crippen LogP contribution >= 0.6 is 0 Å². The van der Waals surface area contributed by atoms with E-state index in [-0.39, 0.29) is 29.9 Å². The molecule has 7 nitrogen and oxygen atoms in total.